The molecule has 0 aliphatic carbocycles. The third-order valence-corrected chi connectivity index (χ3v) is 3.67. The van der Waals surface area contributed by atoms with Crippen molar-refractivity contribution in [3.05, 3.63) is 0 Å². The van der Waals surface area contributed by atoms with Gasteiger partial charge in [-0.05, 0) is 24.8 Å². The van der Waals surface area contributed by atoms with Crippen LogP contribution < -0.4 is 5.73 Å². The minimum Gasteiger partial charge on any atom is -0.453 e. The van der Waals surface area contributed by atoms with Crippen LogP contribution in [0.25, 0.3) is 0 Å². The highest BCUT2D eigenvalue weighted by Crippen LogP contribution is 2.16. The van der Waals surface area contributed by atoms with E-state index in [-0.39, 0.29) is 17.9 Å². The van der Waals surface area contributed by atoms with Gasteiger partial charge in [0.1, 0.15) is 0 Å². The van der Waals surface area contributed by atoms with E-state index in [1.165, 1.54) is 7.11 Å². The zero-order valence-corrected chi connectivity index (χ0v) is 12.8. The van der Waals surface area contributed by atoms with E-state index >= 15 is 0 Å². The van der Waals surface area contributed by atoms with Crippen molar-refractivity contribution in [1.29, 1.82) is 0 Å². The van der Waals surface area contributed by atoms with Crippen LogP contribution in [0.2, 0.25) is 0 Å². The van der Waals surface area contributed by atoms with E-state index < -0.39 is 0 Å². The van der Waals surface area contributed by atoms with Crippen LogP contribution in [0, 0.1) is 11.8 Å². The molecule has 1 unspecified atom stereocenters. The van der Waals surface area contributed by atoms with Gasteiger partial charge < -0.3 is 20.3 Å². The number of nitrogens with zero attached hydrogens (tertiary/aromatic N) is 2. The van der Waals surface area contributed by atoms with E-state index in [0.29, 0.717) is 45.1 Å². The van der Waals surface area contributed by atoms with Crippen molar-refractivity contribution in [2.75, 3.05) is 39.8 Å². The normalized spacial score (nSPS) is 17.2. The Kier molecular flexibility index (Phi) is 6.78. The number of amides is 2. The van der Waals surface area contributed by atoms with Gasteiger partial charge >= 0.3 is 6.09 Å². The van der Waals surface area contributed by atoms with Gasteiger partial charge in [0.25, 0.3) is 0 Å². The van der Waals surface area contributed by atoms with Gasteiger partial charge in [0.2, 0.25) is 5.91 Å². The van der Waals surface area contributed by atoms with Crippen LogP contribution in [0.4, 0.5) is 4.79 Å². The van der Waals surface area contributed by atoms with Crippen molar-refractivity contribution >= 4 is 12.0 Å². The molecule has 2 amide bonds. The molecule has 20 heavy (non-hydrogen) atoms. The number of hydrogen-bond donors (Lipinski definition) is 1. The first kappa shape index (κ1) is 16.8. The summed E-state index contributed by atoms with van der Waals surface area (Å²) in [6.45, 7) is 7.06. The smallest absolute Gasteiger partial charge is 0.409 e. The summed E-state index contributed by atoms with van der Waals surface area (Å²) in [6, 6.07) is 0. The van der Waals surface area contributed by atoms with Gasteiger partial charge in [-0.1, -0.05) is 13.8 Å². The summed E-state index contributed by atoms with van der Waals surface area (Å²) in [5.41, 5.74) is 5.74. The van der Waals surface area contributed by atoms with Crippen LogP contribution in [0.5, 0.6) is 0 Å². The summed E-state index contributed by atoms with van der Waals surface area (Å²) in [5, 5.41) is 0. The highest BCUT2D eigenvalue weighted by molar-refractivity contribution is 5.77. The Hall–Kier alpha value is -1.30. The zero-order valence-electron chi connectivity index (χ0n) is 12.8. The molecule has 1 saturated heterocycles. The summed E-state index contributed by atoms with van der Waals surface area (Å²) >= 11 is 0. The first-order valence-corrected chi connectivity index (χ1v) is 7.28. The van der Waals surface area contributed by atoms with Crippen LogP contribution in [0.15, 0.2) is 0 Å². The minimum absolute atomic E-state index is 0.144. The Labute approximate surface area is 121 Å². The molecule has 1 rings (SSSR count). The molecule has 1 fully saturated rings. The molecule has 6 heteroatoms. The molecule has 0 aromatic heterocycles. The highest BCUT2D eigenvalue weighted by atomic mass is 16.5. The highest BCUT2D eigenvalue weighted by Gasteiger charge is 2.25. The van der Waals surface area contributed by atoms with Gasteiger partial charge in [-0.25, -0.2) is 4.79 Å². The summed E-state index contributed by atoms with van der Waals surface area (Å²) < 4.78 is 4.68. The van der Waals surface area contributed by atoms with E-state index in [4.69, 9.17) is 5.73 Å². The molecular formula is C14H27N3O3. The van der Waals surface area contributed by atoms with E-state index in [0.717, 1.165) is 6.42 Å². The number of nitrogens with two attached hydrogens (primary N) is 1. The maximum atomic E-state index is 12.2. The first-order chi connectivity index (χ1) is 9.47. The number of piperazine rings is 1. The second-order valence-corrected chi connectivity index (χ2v) is 5.77. The number of methoxy groups -OCH3 is 1. The molecule has 0 saturated carbocycles. The van der Waals surface area contributed by atoms with Crippen molar-refractivity contribution in [1.82, 2.24) is 9.80 Å². The lowest BCUT2D eigenvalue weighted by Gasteiger charge is -2.34. The monoisotopic (exact) mass is 285 g/mol. The van der Waals surface area contributed by atoms with Crippen molar-refractivity contribution in [3.63, 3.8) is 0 Å². The minimum atomic E-state index is -0.322. The van der Waals surface area contributed by atoms with Crippen molar-refractivity contribution in [2.45, 2.75) is 26.7 Å². The van der Waals surface area contributed by atoms with Crippen molar-refractivity contribution in [2.24, 2.45) is 17.6 Å². The molecular weight excluding hydrogens is 258 g/mol. The van der Waals surface area contributed by atoms with Crippen LogP contribution in [-0.2, 0) is 9.53 Å². The average Bonchev–Trinajstić information content (AvgIpc) is 2.45. The molecule has 2 N–H and O–H groups in total. The maximum Gasteiger partial charge on any atom is 0.409 e. The number of carbonyl (C=O) groups is 2. The van der Waals surface area contributed by atoms with E-state index in [1.807, 2.05) is 4.90 Å². The molecule has 6 nitrogen and oxygen atoms in total. The summed E-state index contributed by atoms with van der Waals surface area (Å²) in [4.78, 5) is 27.0. The average molecular weight is 285 g/mol. The van der Waals surface area contributed by atoms with Gasteiger partial charge in [0.15, 0.2) is 0 Å². The fraction of sp³-hybridized carbons (Fsp3) is 0.857. The fourth-order valence-electron chi connectivity index (χ4n) is 2.57. The molecule has 0 bridgehead atoms. The van der Waals surface area contributed by atoms with Crippen LogP contribution in [0.1, 0.15) is 26.7 Å². The van der Waals surface area contributed by atoms with E-state index in [2.05, 4.69) is 18.6 Å². The Morgan fingerprint density at radius 1 is 1.15 bits per heavy atom. The second-order valence-electron chi connectivity index (χ2n) is 5.77. The molecule has 1 aliphatic rings. The van der Waals surface area contributed by atoms with Gasteiger partial charge in [0, 0.05) is 32.6 Å². The van der Waals surface area contributed by atoms with Crippen molar-refractivity contribution in [3.8, 4) is 0 Å². The molecule has 1 heterocycles. The Bertz CT molecular complexity index is 326. The quantitative estimate of drug-likeness (QED) is 0.814. The molecule has 0 spiro atoms. The standard InChI is InChI=1S/C14H27N3O3/c1-11(2)8-12(10-15)9-13(18)16-4-6-17(7-5-16)14(19)20-3/h11-12H,4-10,15H2,1-3H3. The summed E-state index contributed by atoms with van der Waals surface area (Å²) in [5.74, 6) is 0.944. The topological polar surface area (TPSA) is 75.9 Å². The predicted molar refractivity (Wildman–Crippen MR) is 77.2 cm³/mol. The van der Waals surface area contributed by atoms with Gasteiger partial charge in [0.05, 0.1) is 7.11 Å². The zero-order chi connectivity index (χ0) is 15.1. The number of ether oxygens (including phenoxy) is 1. The molecule has 116 valence electrons. The Morgan fingerprint density at radius 2 is 1.70 bits per heavy atom. The predicted octanol–water partition coefficient (Wildman–Crippen LogP) is 0.908. The van der Waals surface area contributed by atoms with Crippen LogP contribution in [-0.4, -0.2) is 61.6 Å². The first-order valence-electron chi connectivity index (χ1n) is 7.28. The van der Waals surface area contributed by atoms with E-state index in [1.54, 1.807) is 4.90 Å². The number of hydrogen-bond acceptors (Lipinski definition) is 4. The number of carbonyl (C=O) groups excluding carboxylic acids is 2. The SMILES string of the molecule is COC(=O)N1CCN(C(=O)CC(CN)CC(C)C)CC1. The Morgan fingerprint density at radius 3 is 2.15 bits per heavy atom. The van der Waals surface area contributed by atoms with Gasteiger partial charge in [-0.2, -0.15) is 0 Å². The maximum absolute atomic E-state index is 12.2. The van der Waals surface area contributed by atoms with Crippen LogP contribution >= 0.6 is 0 Å². The molecule has 0 aromatic carbocycles. The molecule has 1 atom stereocenters. The Balaban J connectivity index is 2.40. The largest absolute Gasteiger partial charge is 0.453 e. The second kappa shape index (κ2) is 8.09. The number of rotatable bonds is 5. The van der Waals surface area contributed by atoms with Gasteiger partial charge in [-0.15, -0.1) is 0 Å². The van der Waals surface area contributed by atoms with Crippen molar-refractivity contribution < 1.29 is 14.3 Å². The summed E-state index contributed by atoms with van der Waals surface area (Å²) in [7, 11) is 1.37. The lowest BCUT2D eigenvalue weighted by atomic mass is 9.93. The van der Waals surface area contributed by atoms with E-state index in [9.17, 15) is 9.59 Å². The lowest BCUT2D eigenvalue weighted by Crippen LogP contribution is -2.51. The molecule has 0 radical (unpaired) electrons. The molecule has 0 aromatic rings. The summed E-state index contributed by atoms with van der Waals surface area (Å²) in [6.07, 6.45) is 1.16. The molecule has 1 aliphatic heterocycles. The fourth-order valence-corrected chi connectivity index (χ4v) is 2.57. The van der Waals surface area contributed by atoms with Gasteiger partial charge in [-0.3, -0.25) is 4.79 Å². The third-order valence-electron chi connectivity index (χ3n) is 3.67. The lowest BCUT2D eigenvalue weighted by molar-refractivity contribution is -0.133. The third kappa shape index (κ3) is 5.00. The van der Waals surface area contributed by atoms with Crippen LogP contribution in [0.3, 0.4) is 0 Å².